The third kappa shape index (κ3) is 10.0. The summed E-state index contributed by atoms with van der Waals surface area (Å²) in [6.07, 6.45) is 2.57. The first kappa shape index (κ1) is 14.0. The van der Waals surface area contributed by atoms with Gasteiger partial charge in [-0.2, -0.15) is 0 Å². The molecule has 86 valence electrons. The molecule has 0 aliphatic rings. The zero-order valence-electron chi connectivity index (χ0n) is 11.3. The molecule has 0 saturated heterocycles. The minimum absolute atomic E-state index is 0.468. The maximum Gasteiger partial charge on any atom is -0.00168 e. The summed E-state index contributed by atoms with van der Waals surface area (Å²) >= 11 is 0. The minimum Gasteiger partial charge on any atom is -0.306 e. The molecule has 0 heterocycles. The molecule has 0 fully saturated rings. The van der Waals surface area contributed by atoms with Crippen molar-refractivity contribution in [3.8, 4) is 0 Å². The van der Waals surface area contributed by atoms with Gasteiger partial charge >= 0.3 is 0 Å². The topological polar surface area (TPSA) is 3.24 Å². The van der Waals surface area contributed by atoms with Crippen LogP contribution < -0.4 is 0 Å². The molecule has 0 amide bonds. The van der Waals surface area contributed by atoms with Crippen LogP contribution >= 0.6 is 0 Å². The number of hydrogen-bond donors (Lipinski definition) is 0. The van der Waals surface area contributed by atoms with Crippen molar-refractivity contribution in [3.05, 3.63) is 0 Å². The molecule has 0 atom stereocenters. The zero-order chi connectivity index (χ0) is 11.4. The Balaban J connectivity index is 3.62. The highest BCUT2D eigenvalue weighted by molar-refractivity contribution is 4.67. The molecule has 0 spiro atoms. The highest BCUT2D eigenvalue weighted by atomic mass is 15.1. The van der Waals surface area contributed by atoms with E-state index in [0.717, 1.165) is 0 Å². The molecule has 0 aliphatic heterocycles. The molecular weight excluding hydrogens is 170 g/mol. The lowest BCUT2D eigenvalue weighted by Crippen LogP contribution is -2.27. The van der Waals surface area contributed by atoms with E-state index in [9.17, 15) is 0 Å². The maximum atomic E-state index is 2.45. The summed E-state index contributed by atoms with van der Waals surface area (Å²) in [4.78, 5) is 2.45. The van der Waals surface area contributed by atoms with Gasteiger partial charge in [0.1, 0.15) is 0 Å². The van der Waals surface area contributed by atoms with Crippen molar-refractivity contribution in [2.75, 3.05) is 20.1 Å². The molecule has 0 unspecified atom stereocenters. The Bertz CT molecular complexity index is 130. The number of nitrogens with zero attached hydrogens (tertiary/aromatic N) is 1. The normalized spacial score (nSPS) is 13.7. The van der Waals surface area contributed by atoms with E-state index >= 15 is 0 Å². The van der Waals surface area contributed by atoms with Crippen LogP contribution in [0.25, 0.3) is 0 Å². The van der Waals surface area contributed by atoms with E-state index in [4.69, 9.17) is 0 Å². The van der Waals surface area contributed by atoms with Gasteiger partial charge in [0.25, 0.3) is 0 Å². The molecule has 0 saturated carbocycles. The van der Waals surface area contributed by atoms with Gasteiger partial charge in [-0.05, 0) is 43.8 Å². The summed E-state index contributed by atoms with van der Waals surface area (Å²) < 4.78 is 0. The number of rotatable bonds is 4. The Morgan fingerprint density at radius 1 is 0.714 bits per heavy atom. The molecule has 0 N–H and O–H groups in total. The smallest absolute Gasteiger partial charge is 0.00168 e. The number of hydrogen-bond acceptors (Lipinski definition) is 1. The molecule has 14 heavy (non-hydrogen) atoms. The Morgan fingerprint density at radius 3 is 1.21 bits per heavy atom. The van der Waals surface area contributed by atoms with Crippen molar-refractivity contribution in [1.82, 2.24) is 4.90 Å². The minimum atomic E-state index is 0.468. The Hall–Kier alpha value is -0.0400. The van der Waals surface area contributed by atoms with Gasteiger partial charge in [-0.1, -0.05) is 41.5 Å². The standard InChI is InChI=1S/C13H29N/c1-12(2,3)8-10-14(7)11-9-13(4,5)6/h8-11H2,1-7H3. The lowest BCUT2D eigenvalue weighted by Gasteiger charge is -2.26. The summed E-state index contributed by atoms with van der Waals surface area (Å²) in [5.41, 5.74) is 0.936. The van der Waals surface area contributed by atoms with Gasteiger partial charge in [0.05, 0.1) is 0 Å². The second-order valence-corrected chi connectivity index (χ2v) is 6.92. The van der Waals surface area contributed by atoms with Gasteiger partial charge in [-0.15, -0.1) is 0 Å². The van der Waals surface area contributed by atoms with Crippen LogP contribution in [0.15, 0.2) is 0 Å². The van der Waals surface area contributed by atoms with E-state index in [1.807, 2.05) is 0 Å². The van der Waals surface area contributed by atoms with Gasteiger partial charge in [0, 0.05) is 0 Å². The van der Waals surface area contributed by atoms with Crippen molar-refractivity contribution in [1.29, 1.82) is 0 Å². The van der Waals surface area contributed by atoms with Gasteiger partial charge < -0.3 is 4.90 Å². The predicted molar refractivity (Wildman–Crippen MR) is 65.6 cm³/mol. The molecule has 1 heteroatoms. The van der Waals surface area contributed by atoms with Gasteiger partial charge in [-0.3, -0.25) is 0 Å². The van der Waals surface area contributed by atoms with Gasteiger partial charge in [-0.25, -0.2) is 0 Å². The first-order valence-electron chi connectivity index (χ1n) is 5.79. The van der Waals surface area contributed by atoms with E-state index < -0.39 is 0 Å². The molecule has 0 aliphatic carbocycles. The fraction of sp³-hybridized carbons (Fsp3) is 1.00. The summed E-state index contributed by atoms with van der Waals surface area (Å²) in [5, 5.41) is 0. The van der Waals surface area contributed by atoms with Crippen molar-refractivity contribution in [2.24, 2.45) is 10.8 Å². The fourth-order valence-electron chi connectivity index (χ4n) is 1.16. The average molecular weight is 199 g/mol. The highest BCUT2D eigenvalue weighted by Gasteiger charge is 2.14. The zero-order valence-corrected chi connectivity index (χ0v) is 11.3. The highest BCUT2D eigenvalue weighted by Crippen LogP contribution is 2.21. The summed E-state index contributed by atoms with van der Waals surface area (Å²) in [7, 11) is 2.23. The maximum absolute atomic E-state index is 2.45. The van der Waals surface area contributed by atoms with Crippen LogP contribution in [0.2, 0.25) is 0 Å². The van der Waals surface area contributed by atoms with E-state index in [1.54, 1.807) is 0 Å². The summed E-state index contributed by atoms with van der Waals surface area (Å²) in [6.45, 7) is 16.3. The van der Waals surface area contributed by atoms with Gasteiger partial charge in [0.2, 0.25) is 0 Å². The largest absolute Gasteiger partial charge is 0.306 e. The van der Waals surface area contributed by atoms with Crippen LogP contribution in [-0.4, -0.2) is 25.0 Å². The van der Waals surface area contributed by atoms with Crippen molar-refractivity contribution in [3.63, 3.8) is 0 Å². The lowest BCUT2D eigenvalue weighted by molar-refractivity contribution is 0.231. The Labute approximate surface area is 90.9 Å². The molecule has 0 radical (unpaired) electrons. The van der Waals surface area contributed by atoms with Crippen LogP contribution in [0.4, 0.5) is 0 Å². The van der Waals surface area contributed by atoms with E-state index in [0.29, 0.717) is 10.8 Å². The lowest BCUT2D eigenvalue weighted by atomic mass is 9.91. The third-order valence-corrected chi connectivity index (χ3v) is 2.49. The summed E-state index contributed by atoms with van der Waals surface area (Å²) in [6, 6.07) is 0. The molecule has 0 rings (SSSR count). The molecule has 0 aromatic heterocycles. The van der Waals surface area contributed by atoms with Crippen molar-refractivity contribution in [2.45, 2.75) is 54.4 Å². The molecule has 0 aromatic carbocycles. The van der Waals surface area contributed by atoms with Gasteiger partial charge in [0.15, 0.2) is 0 Å². The first-order valence-corrected chi connectivity index (χ1v) is 5.79. The van der Waals surface area contributed by atoms with Crippen LogP contribution in [0.1, 0.15) is 54.4 Å². The second-order valence-electron chi connectivity index (χ2n) is 6.92. The van der Waals surface area contributed by atoms with E-state index in [-0.39, 0.29) is 0 Å². The third-order valence-electron chi connectivity index (χ3n) is 2.49. The predicted octanol–water partition coefficient (Wildman–Crippen LogP) is 3.79. The monoisotopic (exact) mass is 199 g/mol. The quantitative estimate of drug-likeness (QED) is 0.666. The van der Waals surface area contributed by atoms with Crippen LogP contribution in [0, 0.1) is 10.8 Å². The van der Waals surface area contributed by atoms with Crippen LogP contribution in [0.5, 0.6) is 0 Å². The second kappa shape index (κ2) is 5.16. The van der Waals surface area contributed by atoms with Crippen molar-refractivity contribution >= 4 is 0 Å². The first-order chi connectivity index (χ1) is 6.10. The molecule has 0 bridgehead atoms. The van der Waals surface area contributed by atoms with E-state index in [2.05, 4.69) is 53.5 Å². The molecule has 1 nitrogen and oxygen atoms in total. The Morgan fingerprint density at radius 2 is 1.00 bits per heavy atom. The fourth-order valence-corrected chi connectivity index (χ4v) is 1.16. The SMILES string of the molecule is CN(CCC(C)(C)C)CCC(C)(C)C. The Kier molecular flexibility index (Phi) is 5.14. The van der Waals surface area contributed by atoms with Crippen LogP contribution in [-0.2, 0) is 0 Å². The van der Waals surface area contributed by atoms with Crippen molar-refractivity contribution < 1.29 is 0 Å². The average Bonchev–Trinajstić information content (AvgIpc) is 1.94. The van der Waals surface area contributed by atoms with Crippen LogP contribution in [0.3, 0.4) is 0 Å². The summed E-state index contributed by atoms with van der Waals surface area (Å²) in [5.74, 6) is 0. The molecule has 0 aromatic rings. The molecular formula is C13H29N. The van der Waals surface area contributed by atoms with E-state index in [1.165, 1.54) is 25.9 Å².